The molecule has 1 aromatic heterocycles. The van der Waals surface area contributed by atoms with Crippen molar-refractivity contribution in [3.8, 4) is 21.7 Å². The molecule has 156 valence electrons. The molecule has 0 saturated heterocycles. The predicted molar refractivity (Wildman–Crippen MR) is 129 cm³/mol. The highest BCUT2D eigenvalue weighted by atomic mass is 32.1. The minimum Gasteiger partial charge on any atom is -0.393 e. The number of benzene rings is 3. The van der Waals surface area contributed by atoms with Gasteiger partial charge in [-0.05, 0) is 42.4 Å². The molecule has 2 N–H and O–H groups in total. The summed E-state index contributed by atoms with van der Waals surface area (Å²) in [5.74, 6) is 0.486. The molecule has 5 rings (SSSR count). The number of hydrogen-bond acceptors (Lipinski definition) is 4. The number of nitrogens with zero attached hydrogens (tertiary/aromatic N) is 1. The standard InChI is InChI=1S/C27H26N2OS/c1-18-6-5-7-19(14-18)17-28-27-29-25(26(31-27)22-8-3-2-4-9-22)21-12-10-20(11-13-21)23-15-24(30)16-23/h2-14,23-24,30H,15-17H2,1H3,(H,28,29). The van der Waals surface area contributed by atoms with E-state index in [0.717, 1.165) is 35.8 Å². The van der Waals surface area contributed by atoms with Crippen molar-refractivity contribution < 1.29 is 5.11 Å². The van der Waals surface area contributed by atoms with Crippen molar-refractivity contribution in [1.29, 1.82) is 0 Å². The monoisotopic (exact) mass is 426 g/mol. The summed E-state index contributed by atoms with van der Waals surface area (Å²) in [4.78, 5) is 6.16. The molecule has 0 radical (unpaired) electrons. The first kappa shape index (κ1) is 20.0. The highest BCUT2D eigenvalue weighted by Crippen LogP contribution is 2.41. The molecule has 3 aromatic carbocycles. The highest BCUT2D eigenvalue weighted by molar-refractivity contribution is 7.19. The third-order valence-corrected chi connectivity index (χ3v) is 7.02. The quantitative estimate of drug-likeness (QED) is 0.363. The average Bonchev–Trinajstić information content (AvgIpc) is 3.21. The van der Waals surface area contributed by atoms with E-state index in [1.807, 2.05) is 6.07 Å². The van der Waals surface area contributed by atoms with Crippen LogP contribution in [0.25, 0.3) is 21.7 Å². The maximum absolute atomic E-state index is 9.61. The molecule has 1 aliphatic rings. The van der Waals surface area contributed by atoms with Crippen LogP contribution in [0.5, 0.6) is 0 Å². The van der Waals surface area contributed by atoms with Crippen LogP contribution >= 0.6 is 11.3 Å². The van der Waals surface area contributed by atoms with Crippen LogP contribution < -0.4 is 5.32 Å². The SMILES string of the molecule is Cc1cccc(CNc2nc(-c3ccc(C4CC(O)C4)cc3)c(-c3ccccc3)s2)c1. The highest BCUT2D eigenvalue weighted by Gasteiger charge is 2.28. The summed E-state index contributed by atoms with van der Waals surface area (Å²) in [6, 6.07) is 27.8. The van der Waals surface area contributed by atoms with Crippen LogP contribution in [0.2, 0.25) is 0 Å². The molecule has 3 nitrogen and oxygen atoms in total. The molecule has 1 fully saturated rings. The number of anilines is 1. The lowest BCUT2D eigenvalue weighted by molar-refractivity contribution is 0.0746. The molecule has 1 saturated carbocycles. The van der Waals surface area contributed by atoms with E-state index in [1.165, 1.54) is 27.1 Å². The number of rotatable bonds is 6. The van der Waals surface area contributed by atoms with Crippen LogP contribution in [0.3, 0.4) is 0 Å². The Morgan fingerprint density at radius 1 is 0.935 bits per heavy atom. The Kier molecular flexibility index (Phi) is 5.58. The van der Waals surface area contributed by atoms with Crippen LogP contribution in [-0.4, -0.2) is 16.2 Å². The number of aromatic nitrogens is 1. The van der Waals surface area contributed by atoms with E-state index in [-0.39, 0.29) is 6.10 Å². The van der Waals surface area contributed by atoms with Gasteiger partial charge in [-0.1, -0.05) is 95.8 Å². The van der Waals surface area contributed by atoms with Crippen molar-refractivity contribution >= 4 is 16.5 Å². The van der Waals surface area contributed by atoms with Gasteiger partial charge in [-0.25, -0.2) is 4.98 Å². The average molecular weight is 427 g/mol. The fourth-order valence-electron chi connectivity index (χ4n) is 4.15. The lowest BCUT2D eigenvalue weighted by Crippen LogP contribution is -2.26. The summed E-state index contributed by atoms with van der Waals surface area (Å²) in [5, 5.41) is 14.1. The molecule has 0 spiro atoms. The van der Waals surface area contributed by atoms with E-state index >= 15 is 0 Å². The van der Waals surface area contributed by atoms with Crippen molar-refractivity contribution in [3.05, 3.63) is 95.6 Å². The molecule has 31 heavy (non-hydrogen) atoms. The van der Waals surface area contributed by atoms with Gasteiger partial charge in [0, 0.05) is 12.1 Å². The predicted octanol–water partition coefficient (Wildman–Crippen LogP) is 6.64. The van der Waals surface area contributed by atoms with Gasteiger partial charge in [0.1, 0.15) is 0 Å². The fraction of sp³-hybridized carbons (Fsp3) is 0.222. The molecule has 0 unspecified atom stereocenters. The Bertz CT molecular complexity index is 1160. The Morgan fingerprint density at radius 3 is 2.42 bits per heavy atom. The zero-order chi connectivity index (χ0) is 21.2. The summed E-state index contributed by atoms with van der Waals surface area (Å²) in [7, 11) is 0. The zero-order valence-electron chi connectivity index (χ0n) is 17.6. The first-order valence-electron chi connectivity index (χ1n) is 10.8. The van der Waals surface area contributed by atoms with E-state index in [0.29, 0.717) is 5.92 Å². The molecule has 4 heteroatoms. The van der Waals surface area contributed by atoms with Crippen LogP contribution in [0.1, 0.15) is 35.4 Å². The first-order chi connectivity index (χ1) is 15.2. The lowest BCUT2D eigenvalue weighted by Gasteiger charge is -2.31. The molecular weight excluding hydrogens is 400 g/mol. The minimum absolute atomic E-state index is 0.130. The second kappa shape index (κ2) is 8.66. The topological polar surface area (TPSA) is 45.2 Å². The summed E-state index contributed by atoms with van der Waals surface area (Å²) in [5.41, 5.74) is 7.16. The molecule has 0 bridgehead atoms. The maximum atomic E-state index is 9.61. The van der Waals surface area contributed by atoms with Crippen LogP contribution in [-0.2, 0) is 6.54 Å². The van der Waals surface area contributed by atoms with E-state index in [2.05, 4.69) is 85.0 Å². The molecule has 0 atom stereocenters. The van der Waals surface area contributed by atoms with Gasteiger partial charge < -0.3 is 10.4 Å². The Labute approximate surface area is 187 Å². The summed E-state index contributed by atoms with van der Waals surface area (Å²) >= 11 is 1.70. The van der Waals surface area contributed by atoms with Gasteiger partial charge >= 0.3 is 0 Å². The molecule has 1 aliphatic carbocycles. The summed E-state index contributed by atoms with van der Waals surface area (Å²) in [6.07, 6.45) is 1.62. The minimum atomic E-state index is -0.130. The normalized spacial score (nSPS) is 17.9. The Morgan fingerprint density at radius 2 is 1.71 bits per heavy atom. The first-order valence-corrected chi connectivity index (χ1v) is 11.6. The van der Waals surface area contributed by atoms with Crippen molar-refractivity contribution in [2.24, 2.45) is 0 Å². The van der Waals surface area contributed by atoms with Crippen LogP contribution in [0.4, 0.5) is 5.13 Å². The number of thiazole rings is 1. The third-order valence-electron chi connectivity index (χ3n) is 5.96. The van der Waals surface area contributed by atoms with E-state index in [9.17, 15) is 5.11 Å². The Balaban J connectivity index is 1.44. The van der Waals surface area contributed by atoms with Gasteiger partial charge in [0.2, 0.25) is 0 Å². The molecule has 0 aliphatic heterocycles. The lowest BCUT2D eigenvalue weighted by atomic mass is 9.77. The zero-order valence-corrected chi connectivity index (χ0v) is 18.4. The van der Waals surface area contributed by atoms with Gasteiger partial charge in [-0.3, -0.25) is 0 Å². The fourth-order valence-corrected chi connectivity index (χ4v) is 5.14. The Hall–Kier alpha value is -2.95. The van der Waals surface area contributed by atoms with Crippen molar-refractivity contribution in [3.63, 3.8) is 0 Å². The second-order valence-corrected chi connectivity index (χ2v) is 9.35. The smallest absolute Gasteiger partial charge is 0.184 e. The largest absolute Gasteiger partial charge is 0.393 e. The van der Waals surface area contributed by atoms with Crippen LogP contribution in [0.15, 0.2) is 78.9 Å². The third kappa shape index (κ3) is 4.41. The number of hydrogen-bond donors (Lipinski definition) is 2. The van der Waals surface area contributed by atoms with Gasteiger partial charge in [0.25, 0.3) is 0 Å². The van der Waals surface area contributed by atoms with E-state index in [1.54, 1.807) is 11.3 Å². The molecule has 1 heterocycles. The number of aliphatic hydroxyl groups is 1. The molecule has 0 amide bonds. The van der Waals surface area contributed by atoms with Gasteiger partial charge in [-0.15, -0.1) is 0 Å². The van der Waals surface area contributed by atoms with Gasteiger partial charge in [-0.2, -0.15) is 0 Å². The van der Waals surface area contributed by atoms with Crippen LogP contribution in [0, 0.1) is 6.92 Å². The summed E-state index contributed by atoms with van der Waals surface area (Å²) < 4.78 is 0. The second-order valence-electron chi connectivity index (χ2n) is 8.35. The van der Waals surface area contributed by atoms with E-state index in [4.69, 9.17) is 4.98 Å². The summed E-state index contributed by atoms with van der Waals surface area (Å²) in [6.45, 7) is 2.87. The van der Waals surface area contributed by atoms with Crippen molar-refractivity contribution in [1.82, 2.24) is 4.98 Å². The number of aryl methyl sites for hydroxylation is 1. The van der Waals surface area contributed by atoms with Gasteiger partial charge in [0.15, 0.2) is 5.13 Å². The number of aliphatic hydroxyl groups excluding tert-OH is 1. The number of nitrogens with one attached hydrogen (secondary N) is 1. The molecular formula is C27H26N2OS. The molecule has 4 aromatic rings. The van der Waals surface area contributed by atoms with Gasteiger partial charge in [0.05, 0.1) is 16.7 Å². The van der Waals surface area contributed by atoms with E-state index < -0.39 is 0 Å². The van der Waals surface area contributed by atoms with Crippen molar-refractivity contribution in [2.45, 2.75) is 38.3 Å². The maximum Gasteiger partial charge on any atom is 0.184 e. The van der Waals surface area contributed by atoms with Crippen molar-refractivity contribution in [2.75, 3.05) is 5.32 Å².